The molecule has 1 aliphatic heterocycles. The molecule has 10 heteroatoms. The number of amidine groups is 1. The largest absolute Gasteiger partial charge is 0.385 e. The zero-order valence-corrected chi connectivity index (χ0v) is 10.4. The van der Waals surface area contributed by atoms with Crippen molar-refractivity contribution >= 4 is 11.5 Å². The number of halogens is 4. The highest BCUT2D eigenvalue weighted by molar-refractivity contribution is 5.82. The van der Waals surface area contributed by atoms with Crippen LogP contribution in [0.15, 0.2) is 17.1 Å². The predicted octanol–water partition coefficient (Wildman–Crippen LogP) is 1.72. The third-order valence-electron chi connectivity index (χ3n) is 2.97. The number of nitrogens with zero attached hydrogens (tertiary/aromatic N) is 2. The minimum Gasteiger partial charge on any atom is -0.385 e. The minimum absolute atomic E-state index is 0.243. The van der Waals surface area contributed by atoms with E-state index in [-0.39, 0.29) is 12.4 Å². The molecule has 1 aromatic carbocycles. The second-order valence-electron chi connectivity index (χ2n) is 4.37. The number of nitrogens with two attached hydrogens (primary N) is 1. The Balaban J connectivity index is 2.72. The third-order valence-corrected chi connectivity index (χ3v) is 2.97. The Morgan fingerprint density at radius 2 is 2.10 bits per heavy atom. The van der Waals surface area contributed by atoms with Gasteiger partial charge in [-0.25, -0.2) is 17.6 Å². The fourth-order valence-electron chi connectivity index (χ4n) is 1.99. The fourth-order valence-corrected chi connectivity index (χ4v) is 1.99. The second-order valence-corrected chi connectivity index (χ2v) is 4.37. The molecule has 1 heterocycles. The molecule has 0 saturated carbocycles. The number of non-ortho nitro benzene ring substituents is 1. The number of aliphatic imine (C=N–C) groups is 1. The standard InChI is InChI=1S/C11H9F4N3O3/c12-7-2-5(18(19)20)1-6(9(7)13)11(10(14)15)4-21-3-8(16)17-11/h1-2,10H,3-4H2,(H2,16,17)/t11-/m0/s1. The zero-order valence-electron chi connectivity index (χ0n) is 10.4. The average molecular weight is 307 g/mol. The maximum Gasteiger partial charge on any atom is 0.272 e. The molecule has 0 aromatic heterocycles. The van der Waals surface area contributed by atoms with E-state index in [1.807, 2.05) is 0 Å². The summed E-state index contributed by atoms with van der Waals surface area (Å²) in [6.07, 6.45) is -3.30. The topological polar surface area (TPSA) is 90.8 Å². The van der Waals surface area contributed by atoms with Crippen molar-refractivity contribution in [3.05, 3.63) is 39.4 Å². The number of nitro groups is 1. The lowest BCUT2D eigenvalue weighted by Crippen LogP contribution is -2.45. The van der Waals surface area contributed by atoms with Gasteiger partial charge in [0.25, 0.3) is 12.1 Å². The molecular formula is C11H9F4N3O3. The van der Waals surface area contributed by atoms with Gasteiger partial charge in [-0.1, -0.05) is 0 Å². The average Bonchev–Trinajstić information content (AvgIpc) is 2.41. The Bertz CT molecular complexity index is 623. The Morgan fingerprint density at radius 1 is 1.43 bits per heavy atom. The summed E-state index contributed by atoms with van der Waals surface area (Å²) in [6.45, 7) is -1.02. The molecule has 114 valence electrons. The molecular weight excluding hydrogens is 298 g/mol. The number of nitro benzene ring substituents is 1. The lowest BCUT2D eigenvalue weighted by molar-refractivity contribution is -0.385. The molecule has 2 N–H and O–H groups in total. The molecule has 0 radical (unpaired) electrons. The maximum atomic E-state index is 13.9. The van der Waals surface area contributed by atoms with Crippen LogP contribution in [0.4, 0.5) is 23.2 Å². The van der Waals surface area contributed by atoms with Crippen LogP contribution in [0.2, 0.25) is 0 Å². The Kier molecular flexibility index (Phi) is 3.81. The van der Waals surface area contributed by atoms with Gasteiger partial charge in [0, 0.05) is 11.6 Å². The monoisotopic (exact) mass is 307 g/mol. The highest BCUT2D eigenvalue weighted by atomic mass is 19.3. The number of rotatable bonds is 3. The quantitative estimate of drug-likeness (QED) is 0.523. The Hall–Kier alpha value is -2.23. The molecule has 0 saturated heterocycles. The first-order chi connectivity index (χ1) is 9.78. The van der Waals surface area contributed by atoms with Crippen molar-refractivity contribution in [2.45, 2.75) is 12.0 Å². The van der Waals surface area contributed by atoms with E-state index in [9.17, 15) is 27.7 Å². The summed E-state index contributed by atoms with van der Waals surface area (Å²) in [5.41, 5.74) is 0.863. The normalized spacial score (nSPS) is 22.2. The lowest BCUT2D eigenvalue weighted by Gasteiger charge is -2.33. The molecule has 0 bridgehead atoms. The minimum atomic E-state index is -3.30. The summed E-state index contributed by atoms with van der Waals surface area (Å²) in [7, 11) is 0. The molecule has 1 atom stereocenters. The van der Waals surface area contributed by atoms with E-state index in [1.54, 1.807) is 0 Å². The van der Waals surface area contributed by atoms with Crippen molar-refractivity contribution in [1.82, 2.24) is 0 Å². The van der Waals surface area contributed by atoms with Gasteiger partial charge in [-0.05, 0) is 0 Å². The van der Waals surface area contributed by atoms with Crippen LogP contribution in [0.25, 0.3) is 0 Å². The van der Waals surface area contributed by atoms with Crippen molar-refractivity contribution in [2.75, 3.05) is 13.2 Å². The summed E-state index contributed by atoms with van der Waals surface area (Å²) < 4.78 is 58.9. The SMILES string of the molecule is NC1=N[C@@](c2cc([N+](=O)[O-])cc(F)c2F)(C(F)F)COC1. The summed E-state index contributed by atoms with van der Waals surface area (Å²) in [5, 5.41) is 10.7. The lowest BCUT2D eigenvalue weighted by atomic mass is 9.89. The molecule has 0 spiro atoms. The van der Waals surface area contributed by atoms with E-state index in [2.05, 4.69) is 4.99 Å². The van der Waals surface area contributed by atoms with E-state index < -0.39 is 46.4 Å². The molecule has 6 nitrogen and oxygen atoms in total. The van der Waals surface area contributed by atoms with Crippen LogP contribution in [-0.4, -0.2) is 30.4 Å². The van der Waals surface area contributed by atoms with Crippen molar-refractivity contribution in [3.8, 4) is 0 Å². The van der Waals surface area contributed by atoms with Gasteiger partial charge in [-0.3, -0.25) is 15.1 Å². The van der Waals surface area contributed by atoms with E-state index >= 15 is 0 Å². The van der Waals surface area contributed by atoms with E-state index in [0.717, 1.165) is 0 Å². The van der Waals surface area contributed by atoms with E-state index in [4.69, 9.17) is 10.5 Å². The van der Waals surface area contributed by atoms with E-state index in [1.165, 1.54) is 0 Å². The summed E-state index contributed by atoms with van der Waals surface area (Å²) in [4.78, 5) is 13.1. The molecule has 0 fully saturated rings. The molecule has 0 aliphatic carbocycles. The van der Waals surface area contributed by atoms with Crippen molar-refractivity contribution in [3.63, 3.8) is 0 Å². The number of hydrogen-bond acceptors (Lipinski definition) is 5. The molecule has 1 aliphatic rings. The first-order valence-corrected chi connectivity index (χ1v) is 5.62. The van der Waals surface area contributed by atoms with Gasteiger partial charge in [0.1, 0.15) is 12.4 Å². The molecule has 21 heavy (non-hydrogen) atoms. The highest BCUT2D eigenvalue weighted by Crippen LogP contribution is 2.39. The summed E-state index contributed by atoms with van der Waals surface area (Å²) in [5.74, 6) is -3.62. The fraction of sp³-hybridized carbons (Fsp3) is 0.364. The van der Waals surface area contributed by atoms with E-state index in [0.29, 0.717) is 12.1 Å². The molecule has 2 rings (SSSR count). The number of ether oxygens (including phenoxy) is 1. The number of benzene rings is 1. The summed E-state index contributed by atoms with van der Waals surface area (Å²) in [6, 6.07) is 0.810. The zero-order chi connectivity index (χ0) is 15.8. The van der Waals surface area contributed by atoms with Crippen molar-refractivity contribution in [2.24, 2.45) is 10.7 Å². The highest BCUT2D eigenvalue weighted by Gasteiger charge is 2.47. The van der Waals surface area contributed by atoms with Crippen molar-refractivity contribution in [1.29, 1.82) is 0 Å². The first kappa shape index (κ1) is 15.2. The summed E-state index contributed by atoms with van der Waals surface area (Å²) >= 11 is 0. The van der Waals surface area contributed by atoms with Gasteiger partial charge in [0.05, 0.1) is 17.6 Å². The van der Waals surface area contributed by atoms with Gasteiger partial charge < -0.3 is 10.5 Å². The van der Waals surface area contributed by atoms with Crippen LogP contribution in [0.5, 0.6) is 0 Å². The molecule has 1 aromatic rings. The van der Waals surface area contributed by atoms with Gasteiger partial charge in [0.2, 0.25) is 0 Å². The van der Waals surface area contributed by atoms with Gasteiger partial charge >= 0.3 is 0 Å². The van der Waals surface area contributed by atoms with Crippen LogP contribution in [0.1, 0.15) is 5.56 Å². The van der Waals surface area contributed by atoms with Gasteiger partial charge in [-0.2, -0.15) is 0 Å². The molecule has 0 amide bonds. The van der Waals surface area contributed by atoms with Crippen LogP contribution in [-0.2, 0) is 10.3 Å². The second kappa shape index (κ2) is 5.28. The Labute approximate surface area is 115 Å². The molecule has 0 unspecified atom stereocenters. The number of alkyl halides is 2. The maximum absolute atomic E-state index is 13.9. The van der Waals surface area contributed by atoms with Crippen LogP contribution in [0, 0.1) is 21.7 Å². The first-order valence-electron chi connectivity index (χ1n) is 5.62. The number of hydrogen-bond donors (Lipinski definition) is 1. The smallest absolute Gasteiger partial charge is 0.272 e. The van der Waals surface area contributed by atoms with Crippen LogP contribution >= 0.6 is 0 Å². The van der Waals surface area contributed by atoms with Crippen molar-refractivity contribution < 1.29 is 27.2 Å². The third kappa shape index (κ3) is 2.53. The van der Waals surface area contributed by atoms with Gasteiger partial charge in [0.15, 0.2) is 17.2 Å². The predicted molar refractivity (Wildman–Crippen MR) is 63.1 cm³/mol. The van der Waals surface area contributed by atoms with Gasteiger partial charge in [-0.15, -0.1) is 0 Å². The van der Waals surface area contributed by atoms with Crippen LogP contribution < -0.4 is 5.73 Å². The Morgan fingerprint density at radius 3 is 2.62 bits per heavy atom. The van der Waals surface area contributed by atoms with Crippen LogP contribution in [0.3, 0.4) is 0 Å².